The Labute approximate surface area is 218 Å². The van der Waals surface area contributed by atoms with E-state index in [4.69, 9.17) is 0 Å². The number of carbonyl (C=O) groups excluding carboxylic acids is 2. The van der Waals surface area contributed by atoms with Crippen molar-refractivity contribution in [1.82, 2.24) is 25.0 Å². The maximum Gasteiger partial charge on any atom is 0.320 e. The second kappa shape index (κ2) is 11.6. The van der Waals surface area contributed by atoms with Crippen LogP contribution in [-0.2, 0) is 13.0 Å². The van der Waals surface area contributed by atoms with Crippen LogP contribution in [0.15, 0.2) is 65.6 Å². The van der Waals surface area contributed by atoms with Gasteiger partial charge in [-0.3, -0.25) is 14.8 Å². The number of hydrogen-bond acceptors (Lipinski definition) is 5. The summed E-state index contributed by atoms with van der Waals surface area (Å²) in [7, 11) is 1.78. The summed E-state index contributed by atoms with van der Waals surface area (Å²) in [5.74, 6) is 0.543. The number of likely N-dealkylation sites (tertiary alicyclic amines) is 2. The van der Waals surface area contributed by atoms with E-state index in [0.717, 1.165) is 47.6 Å². The second-order valence-corrected chi connectivity index (χ2v) is 9.74. The topological polar surface area (TPSA) is 101 Å². The molecule has 4 rings (SSSR count). The number of amides is 3. The molecule has 3 aliphatic heterocycles. The van der Waals surface area contributed by atoms with Gasteiger partial charge in [0.25, 0.3) is 5.91 Å². The van der Waals surface area contributed by atoms with E-state index in [2.05, 4.69) is 33.4 Å². The van der Waals surface area contributed by atoms with Crippen LogP contribution in [0, 0.1) is 0 Å². The Morgan fingerprint density at radius 2 is 2.03 bits per heavy atom. The third kappa shape index (κ3) is 6.17. The van der Waals surface area contributed by atoms with Crippen molar-refractivity contribution in [2.75, 3.05) is 33.2 Å². The maximum absolute atomic E-state index is 12.8. The van der Waals surface area contributed by atoms with Gasteiger partial charge in [0.15, 0.2) is 0 Å². The van der Waals surface area contributed by atoms with Gasteiger partial charge in [-0.05, 0) is 61.4 Å². The van der Waals surface area contributed by atoms with Crippen LogP contribution in [0.25, 0.3) is 0 Å². The lowest BCUT2D eigenvalue weighted by Crippen LogP contribution is -2.44. The normalized spacial score (nSPS) is 20.6. The summed E-state index contributed by atoms with van der Waals surface area (Å²) in [5, 5.41) is 12.5. The van der Waals surface area contributed by atoms with Crippen LogP contribution in [0.3, 0.4) is 0 Å². The van der Waals surface area contributed by atoms with Crippen LogP contribution in [-0.4, -0.2) is 81.9 Å². The zero-order valence-corrected chi connectivity index (χ0v) is 21.7. The van der Waals surface area contributed by atoms with Gasteiger partial charge in [-0.1, -0.05) is 25.3 Å². The molecule has 3 amide bonds. The zero-order chi connectivity index (χ0) is 26.5. The average Bonchev–Trinajstić information content (AvgIpc) is 3.51. The summed E-state index contributed by atoms with van der Waals surface area (Å²) in [6.07, 6.45) is 10.1. The number of amidine groups is 1. The van der Waals surface area contributed by atoms with Gasteiger partial charge >= 0.3 is 6.03 Å². The lowest BCUT2D eigenvalue weighted by Gasteiger charge is -2.32. The fourth-order valence-electron chi connectivity index (χ4n) is 4.98. The number of hydrogen-bond donors (Lipinski definition) is 2. The van der Waals surface area contributed by atoms with Crippen molar-refractivity contribution in [2.45, 2.75) is 45.3 Å². The number of fused-ring (bicyclic) bond motifs is 1. The largest absolute Gasteiger partial charge is 0.391 e. The van der Waals surface area contributed by atoms with Crippen molar-refractivity contribution in [1.29, 1.82) is 0 Å². The Hall–Kier alpha value is -3.72. The minimum atomic E-state index is -0.450. The zero-order valence-electron chi connectivity index (χ0n) is 21.7. The lowest BCUT2D eigenvalue weighted by molar-refractivity contribution is 0.0962. The summed E-state index contributed by atoms with van der Waals surface area (Å²) in [4.78, 5) is 40.0. The first kappa shape index (κ1) is 26.3. The van der Waals surface area contributed by atoms with Crippen LogP contribution < -0.4 is 5.32 Å². The van der Waals surface area contributed by atoms with Gasteiger partial charge in [0.05, 0.1) is 6.10 Å². The molecule has 2 saturated heterocycles. The molecule has 2 fully saturated rings. The number of nitrogens with zero attached hydrogens (tertiary/aromatic N) is 5. The third-order valence-electron chi connectivity index (χ3n) is 7.00. The average molecular weight is 505 g/mol. The molecule has 1 atom stereocenters. The Kier molecular flexibility index (Phi) is 8.23. The molecule has 0 aliphatic carbocycles. The first-order valence-corrected chi connectivity index (χ1v) is 12.7. The summed E-state index contributed by atoms with van der Waals surface area (Å²) in [6.45, 7) is 12.9. The van der Waals surface area contributed by atoms with Crippen molar-refractivity contribution in [3.63, 3.8) is 0 Å². The van der Waals surface area contributed by atoms with Gasteiger partial charge < -0.3 is 25.1 Å². The molecule has 196 valence electrons. The molecule has 0 aromatic carbocycles. The molecule has 1 aromatic heterocycles. The molecule has 0 radical (unpaired) electrons. The number of aromatic nitrogens is 1. The predicted octanol–water partition coefficient (Wildman–Crippen LogP) is 3.01. The van der Waals surface area contributed by atoms with Gasteiger partial charge in [-0.25, -0.2) is 4.79 Å². The van der Waals surface area contributed by atoms with Crippen LogP contribution in [0.4, 0.5) is 4.79 Å². The van der Waals surface area contributed by atoms with E-state index >= 15 is 0 Å². The number of aliphatic imine (C=N–C) groups is 1. The van der Waals surface area contributed by atoms with E-state index in [0.29, 0.717) is 44.7 Å². The minimum absolute atomic E-state index is 0.0720. The molecule has 4 heterocycles. The Bertz CT molecular complexity index is 1180. The van der Waals surface area contributed by atoms with Crippen molar-refractivity contribution >= 4 is 17.8 Å². The molecule has 0 bridgehead atoms. The molecule has 0 spiro atoms. The predicted molar refractivity (Wildman–Crippen MR) is 144 cm³/mol. The highest BCUT2D eigenvalue weighted by atomic mass is 16.3. The highest BCUT2D eigenvalue weighted by Gasteiger charge is 2.30. The van der Waals surface area contributed by atoms with Crippen LogP contribution >= 0.6 is 0 Å². The van der Waals surface area contributed by atoms with Crippen LogP contribution in [0.5, 0.6) is 0 Å². The second-order valence-electron chi connectivity index (χ2n) is 9.74. The molecule has 1 aromatic rings. The Morgan fingerprint density at radius 1 is 1.22 bits per heavy atom. The Balaban J connectivity index is 1.35. The van der Waals surface area contributed by atoms with E-state index in [-0.39, 0.29) is 17.6 Å². The standard InChI is InChI=1S/C28H36N6O3/c1-19(26(29-4)34-12-6-9-21(34)3)7-5-8-20(2)31-27(36)25-15-23-17-32(13-10-22(23)16-30-25)28(37)33-14-11-24(35)18-33/h5,7-8,15-16,24,35H,2-3,6,9-14,17-18H2,1,4H3,(H,31,36)/b8-5-,19-7+,29-26?. The van der Waals surface area contributed by atoms with Gasteiger partial charge in [-0.15, -0.1) is 0 Å². The highest BCUT2D eigenvalue weighted by molar-refractivity contribution is 5.99. The molecule has 9 nitrogen and oxygen atoms in total. The summed E-state index contributed by atoms with van der Waals surface area (Å²) in [6, 6.07) is 1.67. The van der Waals surface area contributed by atoms with Crippen LogP contribution in [0.2, 0.25) is 0 Å². The molecule has 9 heteroatoms. The van der Waals surface area contributed by atoms with Gasteiger partial charge in [0, 0.05) is 57.4 Å². The Morgan fingerprint density at radius 3 is 2.70 bits per heavy atom. The van der Waals surface area contributed by atoms with E-state index in [1.165, 1.54) is 0 Å². The van der Waals surface area contributed by atoms with Crippen molar-refractivity contribution < 1.29 is 14.7 Å². The SMILES string of the molecule is C=C(/C=C\C=C(/C)C(=NC)N1CCCC1=C)NC(=O)c1cc2c(cn1)CCN(C(=O)N1CCC(O)C1)C2. The van der Waals surface area contributed by atoms with Crippen molar-refractivity contribution in [2.24, 2.45) is 4.99 Å². The van der Waals surface area contributed by atoms with Crippen LogP contribution in [0.1, 0.15) is 47.8 Å². The highest BCUT2D eigenvalue weighted by Crippen LogP contribution is 2.23. The molecule has 2 N–H and O–H groups in total. The molecule has 3 aliphatic rings. The molecule has 37 heavy (non-hydrogen) atoms. The number of carbonyl (C=O) groups is 2. The van der Waals surface area contributed by atoms with Gasteiger partial charge in [0.2, 0.25) is 0 Å². The van der Waals surface area contributed by atoms with E-state index in [1.807, 2.05) is 19.1 Å². The van der Waals surface area contributed by atoms with Gasteiger partial charge in [-0.2, -0.15) is 0 Å². The van der Waals surface area contributed by atoms with E-state index < -0.39 is 6.10 Å². The lowest BCUT2D eigenvalue weighted by atomic mass is 10.0. The smallest absolute Gasteiger partial charge is 0.320 e. The van der Waals surface area contributed by atoms with E-state index in [1.54, 1.807) is 35.2 Å². The van der Waals surface area contributed by atoms with Gasteiger partial charge in [0.1, 0.15) is 11.5 Å². The molecular formula is C28H36N6O3. The quantitative estimate of drug-likeness (QED) is 0.365. The number of pyridine rings is 1. The summed E-state index contributed by atoms with van der Waals surface area (Å²) in [5.41, 5.74) is 4.75. The number of nitrogens with one attached hydrogen (secondary N) is 1. The monoisotopic (exact) mass is 504 g/mol. The molecule has 1 unspecified atom stereocenters. The number of β-amino-alcohol motifs (C(OH)–C–C–N with tert-alkyl or cyclic N) is 1. The number of allylic oxidation sites excluding steroid dienone is 4. The summed E-state index contributed by atoms with van der Waals surface area (Å²) < 4.78 is 0. The molecular weight excluding hydrogens is 468 g/mol. The first-order valence-electron chi connectivity index (χ1n) is 12.7. The van der Waals surface area contributed by atoms with Crippen molar-refractivity contribution in [3.8, 4) is 0 Å². The fraction of sp³-hybridized carbons (Fsp3) is 0.429. The first-order chi connectivity index (χ1) is 17.8. The number of aliphatic hydroxyl groups excluding tert-OH is 1. The third-order valence-corrected chi connectivity index (χ3v) is 7.00. The number of urea groups is 1. The maximum atomic E-state index is 12.8. The number of aliphatic hydroxyl groups is 1. The number of rotatable bonds is 5. The van der Waals surface area contributed by atoms with Crippen molar-refractivity contribution in [3.05, 3.63) is 77.4 Å². The summed E-state index contributed by atoms with van der Waals surface area (Å²) >= 11 is 0. The molecule has 0 saturated carbocycles. The van der Waals surface area contributed by atoms with E-state index in [9.17, 15) is 14.7 Å². The minimum Gasteiger partial charge on any atom is -0.391 e. The fourth-order valence-corrected chi connectivity index (χ4v) is 4.98.